The lowest BCUT2D eigenvalue weighted by atomic mass is 10.0. The Morgan fingerprint density at radius 3 is 2.52 bits per heavy atom. The molecule has 0 aliphatic carbocycles. The van der Waals surface area contributed by atoms with Crippen molar-refractivity contribution in [2.75, 3.05) is 31.8 Å². The molecule has 164 valence electrons. The Bertz CT molecular complexity index is 982. The van der Waals surface area contributed by atoms with E-state index in [0.29, 0.717) is 55.3 Å². The maximum absolute atomic E-state index is 12.6. The van der Waals surface area contributed by atoms with Crippen LogP contribution in [0.1, 0.15) is 29.0 Å². The molecule has 31 heavy (non-hydrogen) atoms. The zero-order valence-corrected chi connectivity index (χ0v) is 18.7. The summed E-state index contributed by atoms with van der Waals surface area (Å²) in [5.41, 5.74) is 1.31. The Kier molecular flexibility index (Phi) is 6.29. The summed E-state index contributed by atoms with van der Waals surface area (Å²) >= 11 is 7.34. The van der Waals surface area contributed by atoms with Crippen LogP contribution < -0.4 is 0 Å². The molecule has 2 aromatic rings. The first kappa shape index (κ1) is 21.8. The van der Waals surface area contributed by atoms with Gasteiger partial charge in [-0.15, -0.1) is 23.4 Å². The van der Waals surface area contributed by atoms with E-state index in [1.165, 1.54) is 7.11 Å². The van der Waals surface area contributed by atoms with Crippen LogP contribution >= 0.6 is 23.4 Å². The van der Waals surface area contributed by atoms with Gasteiger partial charge in [-0.3, -0.25) is 9.59 Å². The highest BCUT2D eigenvalue weighted by atomic mass is 35.5. The quantitative estimate of drug-likeness (QED) is 0.500. The maximum Gasteiger partial charge on any atom is 0.337 e. The van der Waals surface area contributed by atoms with Crippen LogP contribution in [0.2, 0.25) is 0 Å². The molecule has 2 fully saturated rings. The summed E-state index contributed by atoms with van der Waals surface area (Å²) in [4.78, 5) is 39.5. The zero-order chi connectivity index (χ0) is 22.0. The third-order valence-corrected chi connectivity index (χ3v) is 7.62. The third-order valence-electron chi connectivity index (χ3n) is 5.84. The smallest absolute Gasteiger partial charge is 0.337 e. The fourth-order valence-electron chi connectivity index (χ4n) is 4.08. The highest BCUT2D eigenvalue weighted by molar-refractivity contribution is 8.01. The molecule has 3 heterocycles. The number of benzene rings is 1. The molecule has 2 aliphatic heterocycles. The van der Waals surface area contributed by atoms with Crippen LogP contribution in [0.3, 0.4) is 0 Å². The number of likely N-dealkylation sites (tertiary alicyclic amines) is 1. The normalized spacial score (nSPS) is 17.9. The molecule has 2 aliphatic rings. The molecule has 2 amide bonds. The van der Waals surface area contributed by atoms with Crippen LogP contribution in [0.5, 0.6) is 0 Å². The topological polar surface area (TPSA) is 80.1 Å². The first-order chi connectivity index (χ1) is 15.0. The van der Waals surface area contributed by atoms with Crippen molar-refractivity contribution in [3.05, 3.63) is 47.7 Å². The highest BCUT2D eigenvalue weighted by Crippen LogP contribution is 2.45. The van der Waals surface area contributed by atoms with Crippen molar-refractivity contribution in [1.82, 2.24) is 9.80 Å². The highest BCUT2D eigenvalue weighted by Gasteiger charge is 2.48. The van der Waals surface area contributed by atoms with E-state index in [1.54, 1.807) is 40.9 Å². The minimum Gasteiger partial charge on any atom is -0.465 e. The molecule has 1 aromatic heterocycles. The van der Waals surface area contributed by atoms with Crippen molar-refractivity contribution in [2.45, 2.75) is 24.3 Å². The maximum atomic E-state index is 12.6. The van der Waals surface area contributed by atoms with Crippen molar-refractivity contribution in [2.24, 2.45) is 0 Å². The summed E-state index contributed by atoms with van der Waals surface area (Å²) in [5.74, 6) is 1.42. The van der Waals surface area contributed by atoms with Gasteiger partial charge in [0, 0.05) is 18.7 Å². The van der Waals surface area contributed by atoms with E-state index in [0.717, 1.165) is 5.56 Å². The van der Waals surface area contributed by atoms with Crippen molar-refractivity contribution < 1.29 is 23.5 Å². The van der Waals surface area contributed by atoms with Crippen LogP contribution in [0.25, 0.3) is 11.3 Å². The molecule has 7 nitrogen and oxygen atoms in total. The molecule has 4 rings (SSSR count). The van der Waals surface area contributed by atoms with Gasteiger partial charge in [-0.25, -0.2) is 4.79 Å². The number of methoxy groups -OCH3 is 1. The van der Waals surface area contributed by atoms with Crippen LogP contribution in [0.15, 0.2) is 40.8 Å². The first-order valence-electron chi connectivity index (χ1n) is 10.0. The second-order valence-electron chi connectivity index (χ2n) is 7.56. The molecule has 0 radical (unpaired) electrons. The summed E-state index contributed by atoms with van der Waals surface area (Å²) in [6.07, 6.45) is 1.43. The van der Waals surface area contributed by atoms with Gasteiger partial charge in [0.15, 0.2) is 0 Å². The molecule has 0 atom stereocenters. The Morgan fingerprint density at radius 1 is 1.16 bits per heavy atom. The van der Waals surface area contributed by atoms with Gasteiger partial charge >= 0.3 is 5.97 Å². The fourth-order valence-corrected chi connectivity index (χ4v) is 5.59. The van der Waals surface area contributed by atoms with Crippen LogP contribution in [0.4, 0.5) is 0 Å². The monoisotopic (exact) mass is 462 g/mol. The van der Waals surface area contributed by atoms with E-state index >= 15 is 0 Å². The molecule has 0 N–H and O–H groups in total. The van der Waals surface area contributed by atoms with Gasteiger partial charge in [0.1, 0.15) is 17.4 Å². The lowest BCUT2D eigenvalue weighted by Gasteiger charge is -2.43. The molecule has 0 bridgehead atoms. The standard InChI is InChI=1S/C22H23ClN2O5S/c1-29-21(28)16-4-2-15(3-5-16)18-7-6-17(30-18)13-25-20(27)14-31-22(25)8-10-24(11-9-22)19(26)12-23/h2-7H,8-14H2,1H3. The number of hydrogen-bond donors (Lipinski definition) is 0. The SMILES string of the molecule is COC(=O)c1ccc(-c2ccc(CN3C(=O)CSC34CCN(C(=O)CCl)CC4)o2)cc1. The minimum atomic E-state index is -0.388. The number of hydrogen-bond acceptors (Lipinski definition) is 6. The van der Waals surface area contributed by atoms with Gasteiger partial charge in [0.2, 0.25) is 11.8 Å². The number of halogens is 1. The Balaban J connectivity index is 1.46. The Morgan fingerprint density at radius 2 is 1.87 bits per heavy atom. The van der Waals surface area contributed by atoms with Crippen molar-refractivity contribution in [1.29, 1.82) is 0 Å². The van der Waals surface area contributed by atoms with Gasteiger partial charge in [-0.05, 0) is 37.1 Å². The number of furan rings is 1. The van der Waals surface area contributed by atoms with E-state index in [1.807, 2.05) is 17.0 Å². The number of amides is 2. The largest absolute Gasteiger partial charge is 0.465 e. The number of rotatable bonds is 5. The number of carbonyl (C=O) groups is 3. The predicted molar refractivity (Wildman–Crippen MR) is 118 cm³/mol. The van der Waals surface area contributed by atoms with Crippen molar-refractivity contribution in [3.8, 4) is 11.3 Å². The zero-order valence-electron chi connectivity index (χ0n) is 17.1. The van der Waals surface area contributed by atoms with Crippen molar-refractivity contribution in [3.63, 3.8) is 0 Å². The number of esters is 1. The van der Waals surface area contributed by atoms with Gasteiger partial charge < -0.3 is 19.0 Å². The second kappa shape index (κ2) is 8.96. The number of ether oxygens (including phenoxy) is 1. The van der Waals surface area contributed by atoms with E-state index < -0.39 is 0 Å². The lowest BCUT2D eigenvalue weighted by Crippen LogP contribution is -2.52. The summed E-state index contributed by atoms with van der Waals surface area (Å²) in [6, 6.07) is 10.7. The van der Waals surface area contributed by atoms with Gasteiger partial charge in [-0.1, -0.05) is 12.1 Å². The molecule has 0 unspecified atom stereocenters. The molecule has 0 saturated carbocycles. The van der Waals surface area contributed by atoms with Gasteiger partial charge in [-0.2, -0.15) is 0 Å². The van der Waals surface area contributed by atoms with E-state index in [2.05, 4.69) is 0 Å². The lowest BCUT2D eigenvalue weighted by molar-refractivity contribution is -0.134. The molecule has 2 saturated heterocycles. The van der Waals surface area contributed by atoms with Gasteiger partial charge in [0.25, 0.3) is 0 Å². The third kappa shape index (κ3) is 4.32. The average molecular weight is 463 g/mol. The Hall–Kier alpha value is -2.45. The average Bonchev–Trinajstić information content (AvgIpc) is 3.40. The van der Waals surface area contributed by atoms with Crippen LogP contribution in [0, 0.1) is 0 Å². The minimum absolute atomic E-state index is 0.0153. The van der Waals surface area contributed by atoms with E-state index in [9.17, 15) is 14.4 Å². The molecule has 1 aromatic carbocycles. The second-order valence-corrected chi connectivity index (χ2v) is 9.17. The molecular formula is C22H23ClN2O5S. The number of thioether (sulfide) groups is 1. The number of nitrogens with zero attached hydrogens (tertiary/aromatic N) is 2. The first-order valence-corrected chi connectivity index (χ1v) is 11.5. The van der Waals surface area contributed by atoms with E-state index in [4.69, 9.17) is 20.8 Å². The molecule has 1 spiro atoms. The number of alkyl halides is 1. The van der Waals surface area contributed by atoms with Crippen molar-refractivity contribution >= 4 is 41.1 Å². The van der Waals surface area contributed by atoms with Crippen LogP contribution in [-0.2, 0) is 20.9 Å². The Labute approximate surface area is 189 Å². The fraction of sp³-hybridized carbons (Fsp3) is 0.409. The number of piperidine rings is 1. The summed E-state index contributed by atoms with van der Waals surface area (Å²) in [7, 11) is 1.35. The summed E-state index contributed by atoms with van der Waals surface area (Å²) < 4.78 is 10.7. The predicted octanol–water partition coefficient (Wildman–Crippen LogP) is 3.37. The van der Waals surface area contributed by atoms with E-state index in [-0.39, 0.29) is 28.5 Å². The summed E-state index contributed by atoms with van der Waals surface area (Å²) in [5, 5.41) is 0. The van der Waals surface area contributed by atoms with Crippen LogP contribution in [-0.4, -0.2) is 64.3 Å². The number of carbonyl (C=O) groups excluding carboxylic acids is 3. The summed E-state index contributed by atoms with van der Waals surface area (Å²) in [6.45, 7) is 1.58. The van der Waals surface area contributed by atoms with Gasteiger partial charge in [0.05, 0.1) is 29.8 Å². The molecular weight excluding hydrogens is 440 g/mol. The molecule has 9 heteroatoms.